The van der Waals surface area contributed by atoms with Gasteiger partial charge in [-0.05, 0) is 51.8 Å². The summed E-state index contributed by atoms with van der Waals surface area (Å²) in [5, 5.41) is 9.37. The lowest BCUT2D eigenvalue weighted by Gasteiger charge is -2.27. The van der Waals surface area contributed by atoms with Crippen molar-refractivity contribution in [1.29, 1.82) is 0 Å². The number of aliphatic hydroxyl groups excluding tert-OH is 1. The first kappa shape index (κ1) is 19.8. The highest BCUT2D eigenvalue weighted by atomic mass is 127. The highest BCUT2D eigenvalue weighted by Crippen LogP contribution is 2.24. The van der Waals surface area contributed by atoms with Gasteiger partial charge in [0.1, 0.15) is 18.4 Å². The molecule has 7 heteroatoms. The van der Waals surface area contributed by atoms with Crippen molar-refractivity contribution in [2.45, 2.75) is 39.0 Å². The maximum atomic E-state index is 11.3. The summed E-state index contributed by atoms with van der Waals surface area (Å²) in [5.41, 5.74) is 2.06. The van der Waals surface area contributed by atoms with Crippen molar-refractivity contribution in [3.63, 3.8) is 0 Å². The highest BCUT2D eigenvalue weighted by Gasteiger charge is 2.31. The number of carbonyl (C=O) groups is 1. The molecule has 1 N–H and O–H groups in total. The van der Waals surface area contributed by atoms with Crippen molar-refractivity contribution in [1.82, 2.24) is 0 Å². The van der Waals surface area contributed by atoms with Crippen LogP contribution in [0.3, 0.4) is 0 Å². The Hall–Kier alpha value is -1.48. The largest absolute Gasteiger partial charge is 0.483 e. The molecule has 0 fully saturated rings. The Kier molecular flexibility index (Phi) is 6.95. The number of ether oxygens (including phenoxy) is 2. The number of carbonyl (C=O) groups excluding carboxylic acids is 1. The van der Waals surface area contributed by atoms with Crippen molar-refractivity contribution in [3.05, 3.63) is 32.4 Å². The summed E-state index contributed by atoms with van der Waals surface area (Å²) in [6.45, 7) is 3.95. The average Bonchev–Trinajstić information content (AvgIpc) is 2.62. The Morgan fingerprint density at radius 3 is 2.40 bits per heavy atom. The average molecular weight is 458 g/mol. The molecular weight excluding hydrogens is 435 g/mol. The number of aliphatic imine (C=N–C) groups is 2. The van der Waals surface area contributed by atoms with E-state index < -0.39 is 0 Å². The van der Waals surface area contributed by atoms with Gasteiger partial charge in [0.25, 0.3) is 0 Å². The predicted molar refractivity (Wildman–Crippen MR) is 105 cm³/mol. The van der Waals surface area contributed by atoms with Crippen LogP contribution in [0.5, 0.6) is 0 Å². The molecule has 0 amide bonds. The maximum Gasteiger partial charge on any atom is 0.209 e. The zero-order valence-corrected chi connectivity index (χ0v) is 17.0. The van der Waals surface area contributed by atoms with Crippen LogP contribution in [0.4, 0.5) is 0 Å². The van der Waals surface area contributed by atoms with E-state index in [1.807, 2.05) is 6.07 Å². The molecule has 1 heterocycles. The van der Waals surface area contributed by atoms with Crippen molar-refractivity contribution >= 4 is 40.7 Å². The van der Waals surface area contributed by atoms with Crippen LogP contribution >= 0.6 is 22.6 Å². The topological polar surface area (TPSA) is 80.5 Å². The SMILES string of the molecule is COC1=N[C@H](Cc2cc(C=O)c(CO)cc2I)C(OC)=N[C@H]1C(C)C. The molecule has 0 aromatic heterocycles. The zero-order chi connectivity index (χ0) is 18.6. The number of hydrogen-bond acceptors (Lipinski definition) is 6. The summed E-state index contributed by atoms with van der Waals surface area (Å²) in [7, 11) is 3.19. The number of aldehydes is 1. The third-order valence-corrected chi connectivity index (χ3v) is 5.16. The Morgan fingerprint density at radius 1 is 1.20 bits per heavy atom. The van der Waals surface area contributed by atoms with Gasteiger partial charge in [0.2, 0.25) is 11.8 Å². The lowest BCUT2D eigenvalue weighted by molar-refractivity contribution is 0.112. The second kappa shape index (κ2) is 8.75. The van der Waals surface area contributed by atoms with Crippen LogP contribution in [0.1, 0.15) is 35.3 Å². The molecule has 0 unspecified atom stereocenters. The van der Waals surface area contributed by atoms with Crippen LogP contribution < -0.4 is 0 Å². The van der Waals surface area contributed by atoms with Gasteiger partial charge >= 0.3 is 0 Å². The van der Waals surface area contributed by atoms with Gasteiger partial charge in [0.15, 0.2) is 0 Å². The Labute approximate surface area is 161 Å². The predicted octanol–water partition coefficient (Wildman–Crippen LogP) is 2.64. The monoisotopic (exact) mass is 458 g/mol. The number of halogens is 1. The first-order valence-electron chi connectivity index (χ1n) is 8.05. The van der Waals surface area contributed by atoms with E-state index in [9.17, 15) is 9.90 Å². The molecule has 136 valence electrons. The number of aliphatic hydroxyl groups is 1. The summed E-state index contributed by atoms with van der Waals surface area (Å²) < 4.78 is 11.9. The molecule has 1 aliphatic heterocycles. The first-order valence-corrected chi connectivity index (χ1v) is 9.13. The van der Waals surface area contributed by atoms with E-state index in [2.05, 4.69) is 46.4 Å². The van der Waals surface area contributed by atoms with Gasteiger partial charge in [-0.15, -0.1) is 0 Å². The molecule has 6 nitrogen and oxygen atoms in total. The maximum absolute atomic E-state index is 11.3. The van der Waals surface area contributed by atoms with Crippen molar-refractivity contribution in [2.75, 3.05) is 14.2 Å². The highest BCUT2D eigenvalue weighted by molar-refractivity contribution is 14.1. The van der Waals surface area contributed by atoms with E-state index in [1.165, 1.54) is 0 Å². The summed E-state index contributed by atoms with van der Waals surface area (Å²) >= 11 is 2.20. The molecule has 2 rings (SSSR count). The van der Waals surface area contributed by atoms with E-state index in [0.29, 0.717) is 29.3 Å². The normalized spacial score (nSPS) is 20.1. The molecular formula is C18H23IN2O4. The number of hydrogen-bond donors (Lipinski definition) is 1. The van der Waals surface area contributed by atoms with Gasteiger partial charge in [-0.2, -0.15) is 0 Å². The van der Waals surface area contributed by atoms with Gasteiger partial charge in [-0.1, -0.05) is 13.8 Å². The number of rotatable bonds is 5. The van der Waals surface area contributed by atoms with Crippen molar-refractivity contribution in [2.24, 2.45) is 15.9 Å². The summed E-state index contributed by atoms with van der Waals surface area (Å²) in [6.07, 6.45) is 1.30. The van der Waals surface area contributed by atoms with Crippen molar-refractivity contribution < 1.29 is 19.4 Å². The molecule has 2 atom stereocenters. The van der Waals surface area contributed by atoms with Crippen LogP contribution in [-0.2, 0) is 22.5 Å². The third kappa shape index (κ3) is 4.38. The molecule has 0 bridgehead atoms. The smallest absolute Gasteiger partial charge is 0.209 e. The van der Waals surface area contributed by atoms with Gasteiger partial charge in [-0.3, -0.25) is 4.79 Å². The molecule has 1 aromatic carbocycles. The zero-order valence-electron chi connectivity index (χ0n) is 14.8. The van der Waals surface area contributed by atoms with E-state index >= 15 is 0 Å². The third-order valence-electron chi connectivity index (χ3n) is 4.16. The number of benzene rings is 1. The summed E-state index contributed by atoms with van der Waals surface area (Å²) in [5.74, 6) is 1.41. The molecule has 1 aromatic rings. The lowest BCUT2D eigenvalue weighted by Crippen LogP contribution is -2.38. The van der Waals surface area contributed by atoms with Crippen LogP contribution in [0.25, 0.3) is 0 Å². The van der Waals surface area contributed by atoms with E-state index in [4.69, 9.17) is 9.47 Å². The number of methoxy groups -OCH3 is 2. The minimum Gasteiger partial charge on any atom is -0.483 e. The fourth-order valence-electron chi connectivity index (χ4n) is 2.78. The lowest BCUT2D eigenvalue weighted by atomic mass is 9.98. The molecule has 0 saturated carbocycles. The number of nitrogens with zero attached hydrogens (tertiary/aromatic N) is 2. The van der Waals surface area contributed by atoms with Crippen LogP contribution in [0.2, 0.25) is 0 Å². The fraction of sp³-hybridized carbons (Fsp3) is 0.500. The minimum atomic E-state index is -0.303. The summed E-state index contributed by atoms with van der Waals surface area (Å²) in [6, 6.07) is 3.16. The van der Waals surface area contributed by atoms with E-state index in [1.54, 1.807) is 20.3 Å². The van der Waals surface area contributed by atoms with Crippen LogP contribution in [-0.4, -0.2) is 49.5 Å². The van der Waals surface area contributed by atoms with Gasteiger partial charge < -0.3 is 14.6 Å². The molecule has 1 aliphatic rings. The van der Waals surface area contributed by atoms with Crippen LogP contribution in [0, 0.1) is 9.49 Å². The molecule has 0 radical (unpaired) electrons. The van der Waals surface area contributed by atoms with Gasteiger partial charge in [0, 0.05) is 15.6 Å². The van der Waals surface area contributed by atoms with Crippen LogP contribution in [0.15, 0.2) is 22.1 Å². The first-order chi connectivity index (χ1) is 11.9. The Morgan fingerprint density at radius 2 is 1.88 bits per heavy atom. The van der Waals surface area contributed by atoms with E-state index in [-0.39, 0.29) is 24.6 Å². The standard InChI is InChI=1S/C18H23IN2O4/c1-10(2)16-18(25-4)20-15(17(21-16)24-3)7-11-5-12(8-22)13(9-23)6-14(11)19/h5-6,8,10,15-16,23H,7,9H2,1-4H3/t15-,16+/m1/s1. The Bertz CT molecular complexity index is 701. The quantitative estimate of drug-likeness (QED) is 0.544. The van der Waals surface area contributed by atoms with Gasteiger partial charge in [-0.25, -0.2) is 9.98 Å². The minimum absolute atomic E-state index is 0.155. The van der Waals surface area contributed by atoms with Crippen molar-refractivity contribution in [3.8, 4) is 0 Å². The second-order valence-corrected chi connectivity index (χ2v) is 7.33. The molecule has 0 aliphatic carbocycles. The Balaban J connectivity index is 2.37. The molecule has 0 saturated heterocycles. The molecule has 0 spiro atoms. The molecule has 25 heavy (non-hydrogen) atoms. The van der Waals surface area contributed by atoms with E-state index in [0.717, 1.165) is 15.4 Å². The van der Waals surface area contributed by atoms with Gasteiger partial charge in [0.05, 0.1) is 20.8 Å². The second-order valence-electron chi connectivity index (χ2n) is 6.17. The summed E-state index contributed by atoms with van der Waals surface area (Å²) in [4.78, 5) is 20.6. The fourth-order valence-corrected chi connectivity index (χ4v) is 3.53.